The molecule has 0 amide bonds. The molecule has 0 aromatic carbocycles. The number of alkyl halides is 1. The number of hydrogen-bond acceptors (Lipinski definition) is 4. The molecule has 4 nitrogen and oxygen atoms in total. The second kappa shape index (κ2) is 4.67. The first-order valence-electron chi connectivity index (χ1n) is 4.04. The standard InChI is InChI=1S/C8H7ClIN3OS/c1-14-8-12-7(6(2-9)15-8)13-4-5(10)3-11-13/h3-4H,2H2,1H3. The summed E-state index contributed by atoms with van der Waals surface area (Å²) in [5.41, 5.74) is 0. The third-order valence-corrected chi connectivity index (χ3v) is 3.71. The zero-order valence-electron chi connectivity index (χ0n) is 7.78. The molecule has 15 heavy (non-hydrogen) atoms. The highest BCUT2D eigenvalue weighted by atomic mass is 127. The maximum absolute atomic E-state index is 5.83. The van der Waals surface area contributed by atoms with Gasteiger partial charge in [-0.25, -0.2) is 4.68 Å². The Labute approximate surface area is 109 Å². The van der Waals surface area contributed by atoms with Gasteiger partial charge in [0.15, 0.2) is 5.82 Å². The van der Waals surface area contributed by atoms with Gasteiger partial charge in [0.25, 0.3) is 5.19 Å². The Morgan fingerprint density at radius 1 is 1.67 bits per heavy atom. The molecular formula is C8H7ClIN3OS. The van der Waals surface area contributed by atoms with Gasteiger partial charge in [0.1, 0.15) is 0 Å². The molecule has 0 atom stereocenters. The molecule has 2 aromatic heterocycles. The van der Waals surface area contributed by atoms with Crippen LogP contribution in [0.15, 0.2) is 12.4 Å². The normalized spacial score (nSPS) is 10.6. The summed E-state index contributed by atoms with van der Waals surface area (Å²) in [7, 11) is 1.59. The number of aromatic nitrogens is 3. The van der Waals surface area contributed by atoms with Crippen LogP contribution in [0.1, 0.15) is 4.88 Å². The van der Waals surface area contributed by atoms with E-state index in [0.29, 0.717) is 11.1 Å². The van der Waals surface area contributed by atoms with E-state index in [1.807, 2.05) is 6.20 Å². The predicted molar refractivity (Wildman–Crippen MR) is 68.1 cm³/mol. The zero-order valence-corrected chi connectivity index (χ0v) is 11.5. The summed E-state index contributed by atoms with van der Waals surface area (Å²) in [6, 6.07) is 0. The minimum absolute atomic E-state index is 0.410. The van der Waals surface area contributed by atoms with Gasteiger partial charge in [-0.05, 0) is 22.6 Å². The van der Waals surface area contributed by atoms with Gasteiger partial charge in [0.2, 0.25) is 0 Å². The molecule has 2 heterocycles. The largest absolute Gasteiger partial charge is 0.473 e. The van der Waals surface area contributed by atoms with Crippen molar-refractivity contribution >= 4 is 45.5 Å². The van der Waals surface area contributed by atoms with Gasteiger partial charge >= 0.3 is 0 Å². The summed E-state index contributed by atoms with van der Waals surface area (Å²) in [5, 5.41) is 4.78. The van der Waals surface area contributed by atoms with E-state index in [1.54, 1.807) is 18.0 Å². The zero-order chi connectivity index (χ0) is 10.8. The Morgan fingerprint density at radius 3 is 3.00 bits per heavy atom. The van der Waals surface area contributed by atoms with Crippen molar-refractivity contribution in [1.82, 2.24) is 14.8 Å². The molecule has 0 spiro atoms. The summed E-state index contributed by atoms with van der Waals surface area (Å²) in [6.45, 7) is 0. The maximum Gasteiger partial charge on any atom is 0.275 e. The minimum atomic E-state index is 0.410. The number of nitrogens with zero attached hydrogens (tertiary/aromatic N) is 3. The lowest BCUT2D eigenvalue weighted by molar-refractivity contribution is 0.411. The molecule has 0 aliphatic carbocycles. The van der Waals surface area contributed by atoms with Crippen LogP contribution >= 0.6 is 45.5 Å². The smallest absolute Gasteiger partial charge is 0.275 e. The first kappa shape index (κ1) is 11.2. The fraction of sp³-hybridized carbons (Fsp3) is 0.250. The third-order valence-electron chi connectivity index (χ3n) is 1.72. The van der Waals surface area contributed by atoms with Crippen molar-refractivity contribution in [2.24, 2.45) is 0 Å². The molecule has 7 heteroatoms. The quantitative estimate of drug-likeness (QED) is 0.628. The van der Waals surface area contributed by atoms with E-state index < -0.39 is 0 Å². The van der Waals surface area contributed by atoms with Crippen LogP contribution in [0.3, 0.4) is 0 Å². The molecule has 2 aromatic rings. The van der Waals surface area contributed by atoms with Crippen molar-refractivity contribution in [3.63, 3.8) is 0 Å². The highest BCUT2D eigenvalue weighted by molar-refractivity contribution is 14.1. The summed E-state index contributed by atoms with van der Waals surface area (Å²) in [6.07, 6.45) is 3.66. The summed E-state index contributed by atoms with van der Waals surface area (Å²) >= 11 is 9.46. The summed E-state index contributed by atoms with van der Waals surface area (Å²) in [4.78, 5) is 5.24. The topological polar surface area (TPSA) is 39.9 Å². The van der Waals surface area contributed by atoms with E-state index in [-0.39, 0.29) is 0 Å². The van der Waals surface area contributed by atoms with Crippen molar-refractivity contribution in [1.29, 1.82) is 0 Å². The second-order valence-corrected chi connectivity index (χ2v) is 5.23. The van der Waals surface area contributed by atoms with Crippen molar-refractivity contribution in [3.05, 3.63) is 20.8 Å². The van der Waals surface area contributed by atoms with Crippen LogP contribution < -0.4 is 4.74 Å². The summed E-state index contributed by atoms with van der Waals surface area (Å²) in [5.74, 6) is 1.15. The van der Waals surface area contributed by atoms with Crippen LogP contribution in [0.25, 0.3) is 5.82 Å². The molecule has 0 radical (unpaired) electrons. The number of rotatable bonds is 3. The van der Waals surface area contributed by atoms with Crippen LogP contribution in [0.5, 0.6) is 5.19 Å². The predicted octanol–water partition coefficient (Wildman–Crippen LogP) is 2.68. The van der Waals surface area contributed by atoms with Crippen molar-refractivity contribution in [2.75, 3.05) is 7.11 Å². The highest BCUT2D eigenvalue weighted by Gasteiger charge is 2.13. The van der Waals surface area contributed by atoms with Crippen LogP contribution in [0.4, 0.5) is 0 Å². The van der Waals surface area contributed by atoms with Crippen molar-refractivity contribution in [2.45, 2.75) is 5.88 Å². The number of ether oxygens (including phenoxy) is 1. The molecule has 0 N–H and O–H groups in total. The number of thiazole rings is 1. The molecule has 80 valence electrons. The fourth-order valence-corrected chi connectivity index (χ4v) is 2.48. The second-order valence-electron chi connectivity index (χ2n) is 2.67. The average Bonchev–Trinajstić information content (AvgIpc) is 2.82. The molecule has 2 rings (SSSR count). The average molecular weight is 356 g/mol. The number of hydrogen-bond donors (Lipinski definition) is 0. The Hall–Kier alpha value is -0.340. The van der Waals surface area contributed by atoms with Gasteiger partial charge in [0, 0.05) is 6.20 Å². The molecule has 0 bridgehead atoms. The van der Waals surface area contributed by atoms with Gasteiger partial charge in [-0.2, -0.15) is 10.1 Å². The fourth-order valence-electron chi connectivity index (χ4n) is 1.09. The van der Waals surface area contributed by atoms with Gasteiger partial charge in [-0.1, -0.05) is 11.3 Å². The molecule has 0 aliphatic heterocycles. The Bertz CT molecular complexity index is 470. The molecular weight excluding hydrogens is 349 g/mol. The Morgan fingerprint density at radius 2 is 2.47 bits per heavy atom. The SMILES string of the molecule is COc1nc(-n2cc(I)cn2)c(CCl)s1. The van der Waals surface area contributed by atoms with Crippen LogP contribution in [0, 0.1) is 3.57 Å². The molecule has 0 saturated heterocycles. The lowest BCUT2D eigenvalue weighted by atomic mass is 10.5. The molecule has 0 unspecified atom stereocenters. The van der Waals surface area contributed by atoms with E-state index in [0.717, 1.165) is 14.3 Å². The molecule has 0 saturated carbocycles. The first-order chi connectivity index (χ1) is 7.24. The highest BCUT2D eigenvalue weighted by Crippen LogP contribution is 2.28. The Kier molecular flexibility index (Phi) is 3.47. The van der Waals surface area contributed by atoms with E-state index in [9.17, 15) is 0 Å². The third kappa shape index (κ3) is 2.26. The van der Waals surface area contributed by atoms with Crippen LogP contribution in [-0.2, 0) is 5.88 Å². The van der Waals surface area contributed by atoms with E-state index >= 15 is 0 Å². The maximum atomic E-state index is 5.83. The monoisotopic (exact) mass is 355 g/mol. The van der Waals surface area contributed by atoms with E-state index in [2.05, 4.69) is 32.7 Å². The van der Waals surface area contributed by atoms with Crippen LogP contribution in [0.2, 0.25) is 0 Å². The molecule has 0 fully saturated rings. The van der Waals surface area contributed by atoms with Crippen molar-refractivity contribution in [3.8, 4) is 11.0 Å². The molecule has 0 aliphatic rings. The van der Waals surface area contributed by atoms with Gasteiger partial charge in [-0.3, -0.25) is 0 Å². The van der Waals surface area contributed by atoms with Crippen molar-refractivity contribution < 1.29 is 4.74 Å². The first-order valence-corrected chi connectivity index (χ1v) is 6.47. The van der Waals surface area contributed by atoms with Gasteiger partial charge < -0.3 is 4.74 Å². The lowest BCUT2D eigenvalue weighted by Crippen LogP contribution is -1.97. The Balaban J connectivity index is 2.46. The van der Waals surface area contributed by atoms with Crippen LogP contribution in [-0.4, -0.2) is 21.9 Å². The van der Waals surface area contributed by atoms with E-state index in [4.69, 9.17) is 16.3 Å². The lowest BCUT2D eigenvalue weighted by Gasteiger charge is -1.96. The van der Waals surface area contributed by atoms with Gasteiger partial charge in [0.05, 0.1) is 27.6 Å². The van der Waals surface area contributed by atoms with E-state index in [1.165, 1.54) is 11.3 Å². The summed E-state index contributed by atoms with van der Waals surface area (Å²) < 4.78 is 7.83. The number of methoxy groups -OCH3 is 1. The minimum Gasteiger partial charge on any atom is -0.473 e. The number of halogens is 2. The van der Waals surface area contributed by atoms with Gasteiger partial charge in [-0.15, -0.1) is 11.6 Å².